The zero-order valence-electron chi connectivity index (χ0n) is 18.8. The lowest BCUT2D eigenvalue weighted by atomic mass is 10.1. The van der Waals surface area contributed by atoms with Gasteiger partial charge in [0.2, 0.25) is 0 Å². The van der Waals surface area contributed by atoms with Gasteiger partial charge in [-0.05, 0) is 54.1 Å². The average Bonchev–Trinajstić information content (AvgIpc) is 2.87. The van der Waals surface area contributed by atoms with Gasteiger partial charge < -0.3 is 4.90 Å². The van der Waals surface area contributed by atoms with Crippen LogP contribution in [-0.4, -0.2) is 27.4 Å². The summed E-state index contributed by atoms with van der Waals surface area (Å²) in [6.07, 6.45) is 0. The summed E-state index contributed by atoms with van der Waals surface area (Å²) in [7, 11) is 1.70. The first-order chi connectivity index (χ1) is 16.5. The lowest BCUT2D eigenvalue weighted by Gasteiger charge is -2.27. The zero-order chi connectivity index (χ0) is 23.8. The molecule has 1 heterocycles. The first-order valence-electron chi connectivity index (χ1n) is 11.0. The van der Waals surface area contributed by atoms with Crippen LogP contribution in [0.2, 0.25) is 5.02 Å². The van der Waals surface area contributed by atoms with Crippen molar-refractivity contribution in [3.63, 3.8) is 0 Å². The van der Waals surface area contributed by atoms with Gasteiger partial charge in [-0.15, -0.1) is 0 Å². The number of rotatable bonds is 4. The molecule has 0 N–H and O–H groups in total. The van der Waals surface area contributed by atoms with Gasteiger partial charge in [-0.2, -0.15) is 0 Å². The molecule has 5 nitrogen and oxygen atoms in total. The van der Waals surface area contributed by atoms with Crippen molar-refractivity contribution in [2.45, 2.75) is 13.0 Å². The van der Waals surface area contributed by atoms with Crippen LogP contribution in [0.1, 0.15) is 29.1 Å². The Kier molecular flexibility index (Phi) is 5.64. The summed E-state index contributed by atoms with van der Waals surface area (Å²) >= 11 is 6.28. The summed E-state index contributed by atoms with van der Waals surface area (Å²) in [4.78, 5) is 33.4. The number of para-hydroxylation sites is 1. The van der Waals surface area contributed by atoms with Crippen molar-refractivity contribution < 1.29 is 4.79 Å². The summed E-state index contributed by atoms with van der Waals surface area (Å²) in [5.41, 5.74) is 1.51. The summed E-state index contributed by atoms with van der Waals surface area (Å²) in [6, 6.07) is 27.5. The van der Waals surface area contributed by atoms with Gasteiger partial charge in [-0.3, -0.25) is 14.2 Å². The maximum absolute atomic E-state index is 13.7. The van der Waals surface area contributed by atoms with Crippen LogP contribution in [-0.2, 0) is 0 Å². The molecule has 1 unspecified atom stereocenters. The maximum Gasteiger partial charge on any atom is 0.266 e. The Morgan fingerprint density at radius 2 is 1.59 bits per heavy atom. The quantitative estimate of drug-likeness (QED) is 0.324. The van der Waals surface area contributed by atoms with Gasteiger partial charge in [0.1, 0.15) is 5.82 Å². The van der Waals surface area contributed by atoms with Crippen LogP contribution >= 0.6 is 11.6 Å². The molecule has 168 valence electrons. The van der Waals surface area contributed by atoms with E-state index in [4.69, 9.17) is 16.6 Å². The van der Waals surface area contributed by atoms with Crippen LogP contribution in [0.15, 0.2) is 95.8 Å². The lowest BCUT2D eigenvalue weighted by Crippen LogP contribution is -2.35. The molecule has 0 spiro atoms. The molecule has 0 fully saturated rings. The molecule has 1 amide bonds. The van der Waals surface area contributed by atoms with Crippen LogP contribution in [0.5, 0.6) is 0 Å². The number of benzene rings is 4. The zero-order valence-corrected chi connectivity index (χ0v) is 19.5. The van der Waals surface area contributed by atoms with Crippen molar-refractivity contribution in [1.82, 2.24) is 14.5 Å². The summed E-state index contributed by atoms with van der Waals surface area (Å²) in [5, 5.41) is 2.99. The molecule has 34 heavy (non-hydrogen) atoms. The van der Waals surface area contributed by atoms with Gasteiger partial charge in [0, 0.05) is 7.05 Å². The standard InChI is InChI=1S/C28H22ClN3O2/c1-18(31(2)27(33)22-11-5-7-13-24(22)29)26-30-25-14-8-6-12-23(25)28(34)32(26)21-16-15-19-9-3-4-10-20(19)17-21/h3-18H,1-2H3. The minimum Gasteiger partial charge on any atom is -0.332 e. The van der Waals surface area contributed by atoms with Crippen LogP contribution in [0.4, 0.5) is 0 Å². The Hall–Kier alpha value is -3.96. The molecule has 4 aromatic carbocycles. The molecule has 1 aromatic heterocycles. The first kappa shape index (κ1) is 21.9. The third-order valence-corrected chi connectivity index (χ3v) is 6.50. The largest absolute Gasteiger partial charge is 0.332 e. The Labute approximate surface area is 201 Å². The number of nitrogens with zero attached hydrogens (tertiary/aromatic N) is 3. The Bertz CT molecular complexity index is 1610. The Morgan fingerprint density at radius 1 is 0.912 bits per heavy atom. The van der Waals surface area contributed by atoms with E-state index >= 15 is 0 Å². The predicted octanol–water partition coefficient (Wildman–Crippen LogP) is 6.03. The van der Waals surface area contributed by atoms with E-state index in [1.807, 2.05) is 67.6 Å². The fourth-order valence-corrected chi connectivity index (χ4v) is 4.39. The third kappa shape index (κ3) is 3.74. The minimum absolute atomic E-state index is 0.179. The second-order valence-corrected chi connectivity index (χ2v) is 8.64. The molecule has 6 heteroatoms. The van der Waals surface area contributed by atoms with E-state index in [2.05, 4.69) is 0 Å². The maximum atomic E-state index is 13.7. The fourth-order valence-electron chi connectivity index (χ4n) is 4.17. The topological polar surface area (TPSA) is 55.2 Å². The SMILES string of the molecule is CC(c1nc2ccccc2c(=O)n1-c1ccc2ccccc2c1)N(C)C(=O)c1ccccc1Cl. The predicted molar refractivity (Wildman–Crippen MR) is 137 cm³/mol. The number of carbonyl (C=O) groups excluding carboxylic acids is 1. The summed E-state index contributed by atoms with van der Waals surface area (Å²) < 4.78 is 1.61. The number of fused-ring (bicyclic) bond motifs is 2. The van der Waals surface area contributed by atoms with E-state index < -0.39 is 6.04 Å². The Balaban J connectivity index is 1.70. The smallest absolute Gasteiger partial charge is 0.266 e. The molecule has 0 saturated heterocycles. The number of halogens is 1. The van der Waals surface area contributed by atoms with Gasteiger partial charge in [0.25, 0.3) is 11.5 Å². The van der Waals surface area contributed by atoms with Crippen LogP contribution in [0, 0.1) is 0 Å². The van der Waals surface area contributed by atoms with E-state index in [0.717, 1.165) is 10.8 Å². The van der Waals surface area contributed by atoms with Crippen LogP contribution in [0.25, 0.3) is 27.4 Å². The Morgan fingerprint density at radius 3 is 2.38 bits per heavy atom. The third-order valence-electron chi connectivity index (χ3n) is 6.17. The highest BCUT2D eigenvalue weighted by Gasteiger charge is 2.26. The molecular weight excluding hydrogens is 446 g/mol. The highest BCUT2D eigenvalue weighted by Crippen LogP contribution is 2.26. The number of carbonyl (C=O) groups is 1. The van der Waals surface area contributed by atoms with Crippen LogP contribution in [0.3, 0.4) is 0 Å². The molecular formula is C28H22ClN3O2. The second-order valence-electron chi connectivity index (χ2n) is 8.23. The minimum atomic E-state index is -0.507. The fraction of sp³-hybridized carbons (Fsp3) is 0.107. The molecule has 0 radical (unpaired) electrons. The average molecular weight is 468 g/mol. The van der Waals surface area contributed by atoms with Gasteiger partial charge in [0.15, 0.2) is 0 Å². The molecule has 1 atom stereocenters. The van der Waals surface area contributed by atoms with E-state index in [1.165, 1.54) is 0 Å². The van der Waals surface area contributed by atoms with Gasteiger partial charge in [-0.1, -0.05) is 66.2 Å². The van der Waals surface area contributed by atoms with E-state index in [1.54, 1.807) is 46.8 Å². The number of aromatic nitrogens is 2. The summed E-state index contributed by atoms with van der Waals surface area (Å²) in [5.74, 6) is 0.229. The summed E-state index contributed by atoms with van der Waals surface area (Å²) in [6.45, 7) is 1.86. The lowest BCUT2D eigenvalue weighted by molar-refractivity contribution is 0.0735. The highest BCUT2D eigenvalue weighted by atomic mass is 35.5. The number of hydrogen-bond acceptors (Lipinski definition) is 3. The molecule has 0 saturated carbocycles. The molecule has 0 bridgehead atoms. The first-order valence-corrected chi connectivity index (χ1v) is 11.4. The van der Waals surface area contributed by atoms with Crippen molar-refractivity contribution in [2.75, 3.05) is 7.05 Å². The molecule has 0 aliphatic carbocycles. The van der Waals surface area contributed by atoms with E-state index in [-0.39, 0.29) is 11.5 Å². The normalized spacial score (nSPS) is 12.1. The molecule has 5 aromatic rings. The van der Waals surface area contributed by atoms with Crippen molar-refractivity contribution in [2.24, 2.45) is 0 Å². The second kappa shape index (κ2) is 8.76. The van der Waals surface area contributed by atoms with Crippen molar-refractivity contribution in [1.29, 1.82) is 0 Å². The van der Waals surface area contributed by atoms with Crippen LogP contribution < -0.4 is 5.56 Å². The highest BCUT2D eigenvalue weighted by molar-refractivity contribution is 6.33. The number of hydrogen-bond donors (Lipinski definition) is 0. The van der Waals surface area contributed by atoms with Gasteiger partial charge >= 0.3 is 0 Å². The number of amides is 1. The van der Waals surface area contributed by atoms with Gasteiger partial charge in [-0.25, -0.2) is 4.98 Å². The monoisotopic (exact) mass is 467 g/mol. The van der Waals surface area contributed by atoms with Gasteiger partial charge in [0.05, 0.1) is 33.2 Å². The van der Waals surface area contributed by atoms with Crippen molar-refractivity contribution in [3.8, 4) is 5.69 Å². The van der Waals surface area contributed by atoms with Crippen molar-refractivity contribution >= 4 is 39.2 Å². The van der Waals surface area contributed by atoms with Crippen molar-refractivity contribution in [3.05, 3.63) is 118 Å². The molecule has 0 aliphatic heterocycles. The van der Waals surface area contributed by atoms with E-state index in [9.17, 15) is 9.59 Å². The molecule has 5 rings (SSSR count). The van der Waals surface area contributed by atoms with E-state index in [0.29, 0.717) is 33.0 Å². The molecule has 0 aliphatic rings.